The second kappa shape index (κ2) is 4.52. The Morgan fingerprint density at radius 2 is 2.23 bits per heavy atom. The average Bonchev–Trinajstić information content (AvgIpc) is 2.43. The lowest BCUT2D eigenvalue weighted by atomic mass is 10.6. The summed E-state index contributed by atoms with van der Waals surface area (Å²) in [5, 5.41) is 7.93. The largest absolute Gasteiger partial charge is 0.324 e. The van der Waals surface area contributed by atoms with Gasteiger partial charge in [0.05, 0.1) is 12.3 Å². The van der Waals surface area contributed by atoms with Gasteiger partial charge in [0.15, 0.2) is 5.16 Å². The van der Waals surface area contributed by atoms with E-state index in [4.69, 9.17) is 5.73 Å². The van der Waals surface area contributed by atoms with Crippen molar-refractivity contribution in [2.24, 2.45) is 12.8 Å². The highest BCUT2D eigenvalue weighted by molar-refractivity contribution is 7.99. The maximum Gasteiger partial charge on any atom is 0.248 e. The summed E-state index contributed by atoms with van der Waals surface area (Å²) in [6.07, 6.45) is -2.33. The summed E-state index contributed by atoms with van der Waals surface area (Å²) in [6, 6.07) is 0. The van der Waals surface area contributed by atoms with Crippen LogP contribution in [0, 0.1) is 0 Å². The number of aromatic nitrogens is 3. The Morgan fingerprint density at radius 3 is 2.69 bits per heavy atom. The van der Waals surface area contributed by atoms with Crippen molar-refractivity contribution < 1.29 is 8.78 Å². The highest BCUT2D eigenvalue weighted by Gasteiger charge is 2.10. The Morgan fingerprint density at radius 1 is 1.54 bits per heavy atom. The fourth-order valence-electron chi connectivity index (χ4n) is 0.786. The molecule has 1 aromatic heterocycles. The zero-order chi connectivity index (χ0) is 9.84. The minimum atomic E-state index is -2.33. The molecule has 0 amide bonds. The van der Waals surface area contributed by atoms with Gasteiger partial charge in [0.25, 0.3) is 0 Å². The lowest BCUT2D eigenvalue weighted by Gasteiger charge is -2.00. The van der Waals surface area contributed by atoms with Crippen molar-refractivity contribution in [1.29, 1.82) is 0 Å². The van der Waals surface area contributed by atoms with E-state index in [-0.39, 0.29) is 12.3 Å². The lowest BCUT2D eigenvalue weighted by molar-refractivity contribution is 0.176. The third-order valence-corrected chi connectivity index (χ3v) is 2.48. The van der Waals surface area contributed by atoms with Gasteiger partial charge in [-0.3, -0.25) is 0 Å². The summed E-state index contributed by atoms with van der Waals surface area (Å²) in [5.74, 6) is 0.327. The first-order chi connectivity index (χ1) is 6.15. The van der Waals surface area contributed by atoms with Gasteiger partial charge in [0.1, 0.15) is 5.82 Å². The lowest BCUT2D eigenvalue weighted by Crippen LogP contribution is -2.05. The van der Waals surface area contributed by atoms with Gasteiger partial charge in [-0.25, -0.2) is 8.78 Å². The summed E-state index contributed by atoms with van der Waals surface area (Å²) in [7, 11) is 1.70. The zero-order valence-corrected chi connectivity index (χ0v) is 7.89. The van der Waals surface area contributed by atoms with Gasteiger partial charge >= 0.3 is 0 Å². The molecule has 1 aromatic rings. The topological polar surface area (TPSA) is 56.7 Å². The predicted molar refractivity (Wildman–Crippen MR) is 45.6 cm³/mol. The molecule has 1 rings (SSSR count). The Balaban J connectivity index is 2.62. The molecule has 0 aliphatic carbocycles. The summed E-state index contributed by atoms with van der Waals surface area (Å²) in [4.78, 5) is 0. The minimum Gasteiger partial charge on any atom is -0.324 e. The van der Waals surface area contributed by atoms with Crippen molar-refractivity contribution in [2.45, 2.75) is 18.1 Å². The first-order valence-electron chi connectivity index (χ1n) is 3.64. The second-order valence-electron chi connectivity index (χ2n) is 2.36. The molecule has 13 heavy (non-hydrogen) atoms. The van der Waals surface area contributed by atoms with Crippen LogP contribution >= 0.6 is 11.8 Å². The van der Waals surface area contributed by atoms with Gasteiger partial charge < -0.3 is 10.3 Å². The quantitative estimate of drug-likeness (QED) is 0.737. The van der Waals surface area contributed by atoms with Crippen molar-refractivity contribution in [3.8, 4) is 0 Å². The summed E-state index contributed by atoms with van der Waals surface area (Å²) in [5.41, 5.74) is 5.34. The second-order valence-corrected chi connectivity index (χ2v) is 3.35. The number of nitrogens with zero attached hydrogens (tertiary/aromatic N) is 3. The van der Waals surface area contributed by atoms with Crippen LogP contribution in [0.5, 0.6) is 0 Å². The molecule has 0 saturated carbocycles. The Bertz CT molecular complexity index is 276. The van der Waals surface area contributed by atoms with Gasteiger partial charge in [-0.2, -0.15) is 0 Å². The molecule has 0 unspecified atom stereocenters. The highest BCUT2D eigenvalue weighted by Crippen LogP contribution is 2.17. The van der Waals surface area contributed by atoms with Crippen LogP contribution in [0.4, 0.5) is 8.78 Å². The maximum atomic E-state index is 11.8. The van der Waals surface area contributed by atoms with Gasteiger partial charge in [0, 0.05) is 7.05 Å². The summed E-state index contributed by atoms with van der Waals surface area (Å²) in [6.45, 7) is 0.263. The van der Waals surface area contributed by atoms with Crippen LogP contribution < -0.4 is 5.73 Å². The number of halogens is 2. The van der Waals surface area contributed by atoms with Crippen molar-refractivity contribution in [3.63, 3.8) is 0 Å². The van der Waals surface area contributed by atoms with Gasteiger partial charge in [0.2, 0.25) is 6.43 Å². The zero-order valence-electron chi connectivity index (χ0n) is 7.07. The molecule has 0 fully saturated rings. The molecule has 2 N–H and O–H groups in total. The van der Waals surface area contributed by atoms with Crippen LogP contribution in [0.1, 0.15) is 5.82 Å². The predicted octanol–water partition coefficient (Wildman–Crippen LogP) is 0.631. The third-order valence-electron chi connectivity index (χ3n) is 1.45. The molecule has 74 valence electrons. The fraction of sp³-hybridized carbons (Fsp3) is 0.667. The molecule has 4 nitrogen and oxygen atoms in total. The Hall–Kier alpha value is -0.690. The van der Waals surface area contributed by atoms with Crippen LogP contribution in [0.25, 0.3) is 0 Å². The molecule has 7 heteroatoms. The van der Waals surface area contributed by atoms with E-state index in [9.17, 15) is 8.78 Å². The number of alkyl halides is 2. The standard InChI is InChI=1S/C6H10F2N4S/c1-12-5(2-9)10-11-6(12)13-3-4(7)8/h4H,2-3,9H2,1H3. The molecule has 1 heterocycles. The molecule has 0 spiro atoms. The number of hydrogen-bond acceptors (Lipinski definition) is 4. The molecular formula is C6H10F2N4S. The van der Waals surface area contributed by atoms with Crippen molar-refractivity contribution in [1.82, 2.24) is 14.8 Å². The molecule has 0 atom stereocenters. The van der Waals surface area contributed by atoms with Crippen molar-refractivity contribution in [3.05, 3.63) is 5.82 Å². The van der Waals surface area contributed by atoms with E-state index >= 15 is 0 Å². The molecule has 0 bridgehead atoms. The summed E-state index contributed by atoms with van der Waals surface area (Å²) >= 11 is 0.975. The number of hydrogen-bond donors (Lipinski definition) is 1. The van der Waals surface area contributed by atoms with E-state index in [1.165, 1.54) is 0 Å². The average molecular weight is 208 g/mol. The Labute approximate surface area is 78.5 Å². The normalized spacial score (nSPS) is 11.2. The molecule has 0 aliphatic heterocycles. The van der Waals surface area contributed by atoms with Gasteiger partial charge in [-0.15, -0.1) is 10.2 Å². The molecule has 0 saturated heterocycles. The fourth-order valence-corrected chi connectivity index (χ4v) is 1.46. The molecule has 0 aromatic carbocycles. The van der Waals surface area contributed by atoms with Crippen LogP contribution in [0.15, 0.2) is 5.16 Å². The number of thioether (sulfide) groups is 1. The smallest absolute Gasteiger partial charge is 0.248 e. The SMILES string of the molecule is Cn1c(CN)nnc1SCC(F)F. The van der Waals surface area contributed by atoms with E-state index < -0.39 is 6.43 Å². The summed E-state index contributed by atoms with van der Waals surface area (Å²) < 4.78 is 25.3. The van der Waals surface area contributed by atoms with E-state index in [1.807, 2.05) is 0 Å². The van der Waals surface area contributed by atoms with Crippen molar-refractivity contribution >= 4 is 11.8 Å². The van der Waals surface area contributed by atoms with Crippen LogP contribution in [0.2, 0.25) is 0 Å². The van der Waals surface area contributed by atoms with E-state index in [2.05, 4.69) is 10.2 Å². The van der Waals surface area contributed by atoms with E-state index in [0.29, 0.717) is 11.0 Å². The van der Waals surface area contributed by atoms with E-state index in [0.717, 1.165) is 11.8 Å². The van der Waals surface area contributed by atoms with Gasteiger partial charge in [-0.05, 0) is 0 Å². The third kappa shape index (κ3) is 2.63. The van der Waals surface area contributed by atoms with Crippen LogP contribution in [0.3, 0.4) is 0 Å². The van der Waals surface area contributed by atoms with Gasteiger partial charge in [-0.1, -0.05) is 11.8 Å². The molecule has 0 aliphatic rings. The van der Waals surface area contributed by atoms with Crippen molar-refractivity contribution in [2.75, 3.05) is 5.75 Å². The van der Waals surface area contributed by atoms with Crippen LogP contribution in [-0.2, 0) is 13.6 Å². The first kappa shape index (κ1) is 10.4. The molecule has 0 radical (unpaired) electrons. The number of rotatable bonds is 4. The first-order valence-corrected chi connectivity index (χ1v) is 4.63. The monoisotopic (exact) mass is 208 g/mol. The highest BCUT2D eigenvalue weighted by atomic mass is 32.2. The maximum absolute atomic E-state index is 11.8. The molecular weight excluding hydrogens is 198 g/mol. The van der Waals surface area contributed by atoms with Crippen LogP contribution in [-0.4, -0.2) is 26.9 Å². The number of nitrogens with two attached hydrogens (primary N) is 1. The van der Waals surface area contributed by atoms with E-state index in [1.54, 1.807) is 11.6 Å². The minimum absolute atomic E-state index is 0.263. The Kier molecular flexibility index (Phi) is 3.61.